The van der Waals surface area contributed by atoms with Crippen LogP contribution in [0, 0.1) is 0 Å². The number of hydrogen-bond acceptors (Lipinski definition) is 3. The van der Waals surface area contributed by atoms with E-state index >= 15 is 0 Å². The molecule has 1 N–H and O–H groups in total. The molecule has 1 heterocycles. The number of allylic oxidation sites excluding steroid dienone is 5. The predicted octanol–water partition coefficient (Wildman–Crippen LogP) is 2.04. The summed E-state index contributed by atoms with van der Waals surface area (Å²) in [5.74, 6) is 1.81. The molecule has 1 rings (SSSR count). The minimum absolute atomic E-state index is 0.000816. The molecule has 0 aliphatic carbocycles. The number of nitrogens with one attached hydrogen (secondary N) is 1. The van der Waals surface area contributed by atoms with Gasteiger partial charge in [0.15, 0.2) is 6.10 Å². The maximum Gasteiger partial charge on any atom is 0.152 e. The standard InChI is InChI=1S/C12H18N2O/c1-4-5-6-7-10(2)15-11(3)12-13-8-9-14-12/h4-7,11H,1,8-9H2,2-3H3,(H,13,14)/b6-5-,10-7+. The zero-order chi connectivity index (χ0) is 11.1. The van der Waals surface area contributed by atoms with E-state index in [9.17, 15) is 0 Å². The third-order valence-corrected chi connectivity index (χ3v) is 2.03. The summed E-state index contributed by atoms with van der Waals surface area (Å²) in [4.78, 5) is 4.30. The van der Waals surface area contributed by atoms with Gasteiger partial charge in [0.2, 0.25) is 0 Å². The van der Waals surface area contributed by atoms with Crippen molar-refractivity contribution in [3.63, 3.8) is 0 Å². The zero-order valence-corrected chi connectivity index (χ0v) is 9.36. The van der Waals surface area contributed by atoms with Crippen molar-refractivity contribution in [2.45, 2.75) is 20.0 Å². The van der Waals surface area contributed by atoms with E-state index in [4.69, 9.17) is 4.74 Å². The predicted molar refractivity (Wildman–Crippen MR) is 63.9 cm³/mol. The largest absolute Gasteiger partial charge is 0.487 e. The van der Waals surface area contributed by atoms with Gasteiger partial charge in [0, 0.05) is 6.54 Å². The van der Waals surface area contributed by atoms with Gasteiger partial charge in [-0.05, 0) is 19.9 Å². The van der Waals surface area contributed by atoms with Crippen LogP contribution < -0.4 is 5.32 Å². The van der Waals surface area contributed by atoms with Gasteiger partial charge in [0.1, 0.15) is 5.84 Å². The fourth-order valence-corrected chi connectivity index (χ4v) is 1.33. The minimum Gasteiger partial charge on any atom is -0.487 e. The van der Waals surface area contributed by atoms with Gasteiger partial charge in [-0.25, -0.2) is 0 Å². The van der Waals surface area contributed by atoms with Crippen LogP contribution >= 0.6 is 0 Å². The molecule has 0 aromatic rings. The van der Waals surface area contributed by atoms with E-state index in [2.05, 4.69) is 16.9 Å². The first-order valence-corrected chi connectivity index (χ1v) is 5.15. The summed E-state index contributed by atoms with van der Waals surface area (Å²) in [6, 6.07) is 0. The molecule has 0 amide bonds. The molecule has 82 valence electrons. The highest BCUT2D eigenvalue weighted by molar-refractivity contribution is 5.87. The van der Waals surface area contributed by atoms with Crippen LogP contribution in [-0.4, -0.2) is 25.0 Å². The molecule has 15 heavy (non-hydrogen) atoms. The number of nitrogens with zero attached hydrogens (tertiary/aromatic N) is 1. The van der Waals surface area contributed by atoms with E-state index in [1.807, 2.05) is 32.1 Å². The van der Waals surface area contributed by atoms with Gasteiger partial charge >= 0.3 is 0 Å². The maximum atomic E-state index is 5.66. The van der Waals surface area contributed by atoms with Gasteiger partial charge in [0.25, 0.3) is 0 Å². The average molecular weight is 206 g/mol. The molecule has 0 saturated heterocycles. The second-order valence-corrected chi connectivity index (χ2v) is 3.35. The van der Waals surface area contributed by atoms with Crippen LogP contribution in [0.4, 0.5) is 0 Å². The summed E-state index contributed by atoms with van der Waals surface area (Å²) in [5, 5.41) is 3.19. The number of aliphatic imine (C=N–C) groups is 1. The lowest BCUT2D eigenvalue weighted by atomic mass is 10.3. The normalized spacial score (nSPS) is 18.5. The van der Waals surface area contributed by atoms with Gasteiger partial charge in [-0.3, -0.25) is 4.99 Å². The molecule has 0 radical (unpaired) electrons. The molecule has 0 spiro atoms. The quantitative estimate of drug-likeness (QED) is 0.551. The zero-order valence-electron chi connectivity index (χ0n) is 9.36. The van der Waals surface area contributed by atoms with Crippen LogP contribution in [-0.2, 0) is 4.74 Å². The molecule has 0 saturated carbocycles. The van der Waals surface area contributed by atoms with Crippen LogP contribution in [0.5, 0.6) is 0 Å². The van der Waals surface area contributed by atoms with E-state index < -0.39 is 0 Å². The van der Waals surface area contributed by atoms with Crippen molar-refractivity contribution in [3.05, 3.63) is 36.6 Å². The second kappa shape index (κ2) is 6.06. The van der Waals surface area contributed by atoms with Crippen LogP contribution in [0.15, 0.2) is 41.6 Å². The van der Waals surface area contributed by atoms with Crippen LogP contribution in [0.25, 0.3) is 0 Å². The first-order valence-electron chi connectivity index (χ1n) is 5.15. The summed E-state index contributed by atoms with van der Waals surface area (Å²) in [7, 11) is 0. The van der Waals surface area contributed by atoms with Gasteiger partial charge < -0.3 is 10.1 Å². The molecule has 1 unspecified atom stereocenters. The summed E-state index contributed by atoms with van der Waals surface area (Å²) < 4.78 is 5.66. The Hall–Kier alpha value is -1.51. The maximum absolute atomic E-state index is 5.66. The molecule has 3 heteroatoms. The summed E-state index contributed by atoms with van der Waals surface area (Å²) in [6.07, 6.45) is 7.41. The Morgan fingerprint density at radius 2 is 2.40 bits per heavy atom. The fourth-order valence-electron chi connectivity index (χ4n) is 1.33. The Morgan fingerprint density at radius 3 is 3.00 bits per heavy atom. The molecule has 1 atom stereocenters. The van der Waals surface area contributed by atoms with E-state index in [1.54, 1.807) is 6.08 Å². The highest BCUT2D eigenvalue weighted by atomic mass is 16.5. The average Bonchev–Trinajstić information content (AvgIpc) is 2.70. The van der Waals surface area contributed by atoms with E-state index in [-0.39, 0.29) is 6.10 Å². The molecule has 3 nitrogen and oxygen atoms in total. The van der Waals surface area contributed by atoms with Crippen LogP contribution in [0.2, 0.25) is 0 Å². The topological polar surface area (TPSA) is 33.6 Å². The Balaban J connectivity index is 2.42. The molecule has 0 aromatic carbocycles. The van der Waals surface area contributed by atoms with Gasteiger partial charge in [-0.1, -0.05) is 24.8 Å². The molecular weight excluding hydrogens is 188 g/mol. The first kappa shape index (κ1) is 11.6. The van der Waals surface area contributed by atoms with E-state index in [1.165, 1.54) is 0 Å². The summed E-state index contributed by atoms with van der Waals surface area (Å²) >= 11 is 0. The number of hydrogen-bond donors (Lipinski definition) is 1. The Labute approximate surface area is 91.2 Å². The van der Waals surface area contributed by atoms with Crippen molar-refractivity contribution in [2.24, 2.45) is 4.99 Å². The lowest BCUT2D eigenvalue weighted by Crippen LogP contribution is -2.30. The summed E-state index contributed by atoms with van der Waals surface area (Å²) in [6.45, 7) is 9.29. The lowest BCUT2D eigenvalue weighted by Gasteiger charge is -2.14. The Kier molecular flexibility index (Phi) is 4.68. The van der Waals surface area contributed by atoms with Crippen LogP contribution in [0.3, 0.4) is 0 Å². The van der Waals surface area contributed by atoms with Crippen molar-refractivity contribution in [1.29, 1.82) is 0 Å². The molecule has 0 bridgehead atoms. The smallest absolute Gasteiger partial charge is 0.152 e. The number of amidine groups is 1. The van der Waals surface area contributed by atoms with Crippen molar-refractivity contribution in [3.8, 4) is 0 Å². The van der Waals surface area contributed by atoms with Gasteiger partial charge in [0.05, 0.1) is 12.3 Å². The highest BCUT2D eigenvalue weighted by Crippen LogP contribution is 2.05. The third-order valence-electron chi connectivity index (χ3n) is 2.03. The van der Waals surface area contributed by atoms with Crippen LogP contribution in [0.1, 0.15) is 13.8 Å². The molecular formula is C12H18N2O. The first-order chi connectivity index (χ1) is 7.24. The fraction of sp³-hybridized carbons (Fsp3) is 0.417. The van der Waals surface area contributed by atoms with Crippen molar-refractivity contribution < 1.29 is 4.74 Å². The minimum atomic E-state index is 0.000816. The van der Waals surface area contributed by atoms with E-state index in [0.717, 1.165) is 24.7 Å². The van der Waals surface area contributed by atoms with Gasteiger partial charge in [-0.15, -0.1) is 0 Å². The number of rotatable bonds is 5. The molecule has 0 fully saturated rings. The molecule has 1 aliphatic rings. The highest BCUT2D eigenvalue weighted by Gasteiger charge is 2.14. The van der Waals surface area contributed by atoms with Crippen molar-refractivity contribution in [1.82, 2.24) is 5.32 Å². The molecule has 1 aliphatic heterocycles. The monoisotopic (exact) mass is 206 g/mol. The molecule has 0 aromatic heterocycles. The van der Waals surface area contributed by atoms with Gasteiger partial charge in [-0.2, -0.15) is 0 Å². The second-order valence-electron chi connectivity index (χ2n) is 3.35. The van der Waals surface area contributed by atoms with Crippen molar-refractivity contribution >= 4 is 5.84 Å². The SMILES string of the molecule is C=C/C=C\C=C(/C)OC(C)C1=NCCN1. The summed E-state index contributed by atoms with van der Waals surface area (Å²) in [5.41, 5.74) is 0. The third kappa shape index (κ3) is 4.02. The van der Waals surface area contributed by atoms with E-state index in [0.29, 0.717) is 0 Å². The Morgan fingerprint density at radius 1 is 1.60 bits per heavy atom. The lowest BCUT2D eigenvalue weighted by molar-refractivity contribution is 0.184. The number of ether oxygens (including phenoxy) is 1. The van der Waals surface area contributed by atoms with Crippen molar-refractivity contribution in [2.75, 3.05) is 13.1 Å². The Bertz CT molecular complexity index is 303.